The molecule has 0 fully saturated rings. The van der Waals surface area contributed by atoms with E-state index in [1.807, 2.05) is 14.0 Å². The molecule has 3 aromatic rings. The number of fused-ring (bicyclic) bond motifs is 1. The number of carbonyl (C=O) groups excluding carboxylic acids is 1. The van der Waals surface area contributed by atoms with Crippen molar-refractivity contribution in [2.75, 3.05) is 11.9 Å². The SMILES string of the molecule is CCc1c2cc(NC(=O)/C(=C3/N=C(OCC(F)F)C=CC3=N)c3ccc(OC(F)F)cc3)ccc2nn1C. The second-order valence-electron chi connectivity index (χ2n) is 8.14. The van der Waals surface area contributed by atoms with Crippen molar-refractivity contribution in [1.82, 2.24) is 9.78 Å². The van der Waals surface area contributed by atoms with Crippen molar-refractivity contribution in [3.63, 3.8) is 0 Å². The summed E-state index contributed by atoms with van der Waals surface area (Å²) in [6.45, 7) is -1.97. The topological polar surface area (TPSA) is 102 Å². The number of hydrogen-bond donors (Lipinski definition) is 2. The van der Waals surface area contributed by atoms with Gasteiger partial charge in [-0.1, -0.05) is 19.1 Å². The molecule has 0 bridgehead atoms. The fraction of sp³-hybridized carbons (Fsp3) is 0.231. The predicted molar refractivity (Wildman–Crippen MR) is 135 cm³/mol. The molecule has 2 heterocycles. The second kappa shape index (κ2) is 11.3. The molecule has 2 aromatic carbocycles. The molecule has 38 heavy (non-hydrogen) atoms. The fourth-order valence-electron chi connectivity index (χ4n) is 3.98. The smallest absolute Gasteiger partial charge is 0.387 e. The number of aryl methyl sites for hydroxylation is 2. The number of benzene rings is 2. The minimum absolute atomic E-state index is 0.0944. The van der Waals surface area contributed by atoms with Crippen molar-refractivity contribution in [3.05, 3.63) is 71.6 Å². The lowest BCUT2D eigenvalue weighted by molar-refractivity contribution is -0.111. The molecule has 2 N–H and O–H groups in total. The third kappa shape index (κ3) is 5.90. The maximum absolute atomic E-state index is 13.6. The molecule has 1 amide bonds. The van der Waals surface area contributed by atoms with Crippen molar-refractivity contribution < 1.29 is 31.8 Å². The molecule has 198 valence electrons. The average Bonchev–Trinajstić information content (AvgIpc) is 3.19. The summed E-state index contributed by atoms with van der Waals surface area (Å²) < 4.78 is 61.7. The first-order valence-corrected chi connectivity index (χ1v) is 11.5. The van der Waals surface area contributed by atoms with E-state index in [2.05, 4.69) is 20.1 Å². The van der Waals surface area contributed by atoms with Gasteiger partial charge in [0.25, 0.3) is 12.3 Å². The highest BCUT2D eigenvalue weighted by Gasteiger charge is 2.24. The summed E-state index contributed by atoms with van der Waals surface area (Å²) in [6, 6.07) is 10.4. The number of dihydropyridines is 1. The van der Waals surface area contributed by atoms with Gasteiger partial charge in [0.1, 0.15) is 11.4 Å². The van der Waals surface area contributed by atoms with Crippen molar-refractivity contribution in [2.45, 2.75) is 26.4 Å². The molecule has 4 rings (SSSR count). The summed E-state index contributed by atoms with van der Waals surface area (Å²) in [5.41, 5.74) is 1.97. The van der Waals surface area contributed by atoms with Gasteiger partial charge in [-0.2, -0.15) is 13.9 Å². The van der Waals surface area contributed by atoms with Crippen LogP contribution in [0.2, 0.25) is 0 Å². The molecule has 0 spiro atoms. The molecule has 0 aliphatic carbocycles. The molecule has 1 aliphatic rings. The normalized spacial score (nSPS) is 14.7. The Kier molecular flexibility index (Phi) is 7.89. The van der Waals surface area contributed by atoms with Crippen LogP contribution in [0.4, 0.5) is 23.2 Å². The first-order chi connectivity index (χ1) is 18.2. The molecule has 12 heteroatoms. The lowest BCUT2D eigenvalue weighted by Gasteiger charge is -2.17. The first-order valence-electron chi connectivity index (χ1n) is 11.5. The lowest BCUT2D eigenvalue weighted by atomic mass is 9.99. The maximum Gasteiger partial charge on any atom is 0.387 e. The van der Waals surface area contributed by atoms with Gasteiger partial charge in [-0.3, -0.25) is 14.9 Å². The van der Waals surface area contributed by atoms with Gasteiger partial charge in [0.15, 0.2) is 6.61 Å². The summed E-state index contributed by atoms with van der Waals surface area (Å²) >= 11 is 0. The highest BCUT2D eigenvalue weighted by atomic mass is 19.3. The number of rotatable bonds is 8. The molecule has 1 aliphatic heterocycles. The van der Waals surface area contributed by atoms with Gasteiger partial charge < -0.3 is 14.8 Å². The van der Waals surface area contributed by atoms with E-state index in [4.69, 9.17) is 10.1 Å². The fourth-order valence-corrected chi connectivity index (χ4v) is 3.98. The number of nitrogens with zero attached hydrogens (tertiary/aromatic N) is 3. The van der Waals surface area contributed by atoms with Gasteiger partial charge >= 0.3 is 6.61 Å². The number of halogens is 4. The van der Waals surface area contributed by atoms with E-state index < -0.39 is 25.6 Å². The number of amides is 1. The Balaban J connectivity index is 1.76. The number of hydrogen-bond acceptors (Lipinski definition) is 6. The van der Waals surface area contributed by atoms with Crippen molar-refractivity contribution in [1.29, 1.82) is 5.41 Å². The second-order valence-corrected chi connectivity index (χ2v) is 8.14. The zero-order valence-electron chi connectivity index (χ0n) is 20.3. The van der Waals surface area contributed by atoms with Crippen LogP contribution in [0.5, 0.6) is 5.75 Å². The largest absolute Gasteiger partial charge is 0.472 e. The van der Waals surface area contributed by atoms with Crippen LogP contribution >= 0.6 is 0 Å². The monoisotopic (exact) mass is 529 g/mol. The van der Waals surface area contributed by atoms with Crippen LogP contribution in [-0.4, -0.2) is 46.9 Å². The first kappa shape index (κ1) is 26.6. The van der Waals surface area contributed by atoms with E-state index in [1.165, 1.54) is 36.4 Å². The van der Waals surface area contributed by atoms with Crippen molar-refractivity contribution in [3.8, 4) is 5.75 Å². The molecular formula is C26H23F4N5O3. The molecule has 0 saturated carbocycles. The van der Waals surface area contributed by atoms with Crippen molar-refractivity contribution in [2.24, 2.45) is 12.0 Å². The van der Waals surface area contributed by atoms with Gasteiger partial charge in [-0.15, -0.1) is 0 Å². The standard InChI is InChI=1S/C26H23F4N5O3/c1-3-20-17-12-15(6-10-19(17)34-35(20)2)32-25(36)23(14-4-7-16(8-5-14)38-26(29)30)24-18(31)9-11-22(33-24)37-13-21(27)28/h4-12,21,26,31H,3,13H2,1-2H3,(H,32,36)/b24-23+,31-18?. The van der Waals surface area contributed by atoms with Gasteiger partial charge in [-0.05, 0) is 48.4 Å². The van der Waals surface area contributed by atoms with Crippen LogP contribution in [0.25, 0.3) is 16.5 Å². The number of nitrogens with one attached hydrogen (secondary N) is 2. The zero-order valence-corrected chi connectivity index (χ0v) is 20.3. The maximum atomic E-state index is 13.6. The van der Waals surface area contributed by atoms with Gasteiger partial charge in [0.05, 0.1) is 16.8 Å². The summed E-state index contributed by atoms with van der Waals surface area (Å²) in [5, 5.41) is 16.4. The minimum atomic E-state index is -3.03. The van der Waals surface area contributed by atoms with Crippen LogP contribution in [0, 0.1) is 5.41 Å². The van der Waals surface area contributed by atoms with E-state index in [-0.39, 0.29) is 34.2 Å². The third-order valence-corrected chi connectivity index (χ3v) is 5.61. The quantitative estimate of drug-likeness (QED) is 0.303. The summed E-state index contributed by atoms with van der Waals surface area (Å²) in [6.07, 6.45) is 0.471. The van der Waals surface area contributed by atoms with E-state index in [0.29, 0.717) is 12.1 Å². The lowest BCUT2D eigenvalue weighted by Crippen LogP contribution is -2.20. The molecule has 0 atom stereocenters. The van der Waals surface area contributed by atoms with Crippen LogP contribution in [0.1, 0.15) is 18.2 Å². The van der Waals surface area contributed by atoms with Crippen LogP contribution in [-0.2, 0) is 23.0 Å². The number of carbonyl (C=O) groups is 1. The highest BCUT2D eigenvalue weighted by molar-refractivity contribution is 6.33. The Morgan fingerprint density at radius 2 is 1.84 bits per heavy atom. The Hall–Kier alpha value is -4.48. The van der Waals surface area contributed by atoms with Crippen LogP contribution in [0.15, 0.2) is 65.3 Å². The minimum Gasteiger partial charge on any atom is -0.472 e. The average molecular weight is 529 g/mol. The van der Waals surface area contributed by atoms with Crippen LogP contribution < -0.4 is 10.1 Å². The van der Waals surface area contributed by atoms with Gasteiger partial charge in [0, 0.05) is 29.9 Å². The van der Waals surface area contributed by atoms with Gasteiger partial charge in [0.2, 0.25) is 5.90 Å². The number of ether oxygens (including phenoxy) is 2. The number of aromatic nitrogens is 2. The summed E-state index contributed by atoms with van der Waals surface area (Å²) in [7, 11) is 1.83. The van der Waals surface area contributed by atoms with Crippen molar-refractivity contribution >= 4 is 39.7 Å². The Labute approximate surface area is 214 Å². The molecule has 8 nitrogen and oxygen atoms in total. The Morgan fingerprint density at radius 3 is 2.50 bits per heavy atom. The van der Waals surface area contributed by atoms with E-state index in [0.717, 1.165) is 16.6 Å². The number of aliphatic imine (C=N–C) groups is 1. The zero-order chi connectivity index (χ0) is 27.4. The Bertz CT molecular complexity index is 1460. The van der Waals surface area contributed by atoms with E-state index in [1.54, 1.807) is 22.9 Å². The number of alkyl halides is 4. The molecule has 1 aromatic heterocycles. The summed E-state index contributed by atoms with van der Waals surface area (Å²) in [5.74, 6) is -1.00. The Morgan fingerprint density at radius 1 is 1.11 bits per heavy atom. The highest BCUT2D eigenvalue weighted by Crippen LogP contribution is 2.29. The number of anilines is 1. The van der Waals surface area contributed by atoms with Crippen LogP contribution in [0.3, 0.4) is 0 Å². The predicted octanol–water partition coefficient (Wildman–Crippen LogP) is 5.36. The molecule has 0 unspecified atom stereocenters. The number of allylic oxidation sites excluding steroid dienone is 1. The molecule has 0 saturated heterocycles. The van der Waals surface area contributed by atoms with E-state index >= 15 is 0 Å². The third-order valence-electron chi connectivity index (χ3n) is 5.61. The summed E-state index contributed by atoms with van der Waals surface area (Å²) in [4.78, 5) is 17.7. The van der Waals surface area contributed by atoms with E-state index in [9.17, 15) is 22.4 Å². The molecular weight excluding hydrogens is 506 g/mol. The molecule has 0 radical (unpaired) electrons. The van der Waals surface area contributed by atoms with Gasteiger partial charge in [-0.25, -0.2) is 13.8 Å².